The highest BCUT2D eigenvalue weighted by Crippen LogP contribution is 2.33. The van der Waals surface area contributed by atoms with Gasteiger partial charge in [0.2, 0.25) is 0 Å². The van der Waals surface area contributed by atoms with Crippen molar-refractivity contribution >= 4 is 0 Å². The fourth-order valence-electron chi connectivity index (χ4n) is 5.72. The minimum absolute atomic E-state index is 0.647. The van der Waals surface area contributed by atoms with Crippen LogP contribution < -0.4 is 9.47 Å². The molecule has 5 heteroatoms. The second-order valence-electron chi connectivity index (χ2n) is 12.2. The molecule has 2 bridgehead atoms. The summed E-state index contributed by atoms with van der Waals surface area (Å²) in [4.78, 5) is 5.29. The molecular formula is C36H66N2O3. The molecule has 0 radical (unpaired) electrons. The Hall–Kier alpha value is -1.30. The summed E-state index contributed by atoms with van der Waals surface area (Å²) in [7, 11) is 0. The normalized spacial score (nSPS) is 14.0. The topological polar surface area (TPSA) is 34.2 Å². The average molecular weight is 575 g/mol. The second-order valence-corrected chi connectivity index (χ2v) is 12.2. The zero-order valence-electron chi connectivity index (χ0n) is 27.6. The lowest BCUT2D eigenvalue weighted by molar-refractivity contribution is -0.304. The van der Waals surface area contributed by atoms with Crippen LogP contribution in [0.2, 0.25) is 0 Å². The predicted octanol–water partition coefficient (Wildman–Crippen LogP) is 9.83. The predicted molar refractivity (Wildman–Crippen MR) is 175 cm³/mol. The SMILES string of the molecule is CCCCCCN(CCCCCC)CCCOC1(CCN(CCCCCC)CCCCCC)Oc2ccc(cc2)O1. The van der Waals surface area contributed by atoms with E-state index in [1.54, 1.807) is 0 Å². The highest BCUT2D eigenvalue weighted by Gasteiger charge is 2.39. The number of nitrogens with zero attached hydrogens (tertiary/aromatic N) is 2. The molecule has 41 heavy (non-hydrogen) atoms. The van der Waals surface area contributed by atoms with Crippen LogP contribution in [0.15, 0.2) is 24.3 Å². The van der Waals surface area contributed by atoms with Crippen molar-refractivity contribution in [3.05, 3.63) is 24.3 Å². The molecule has 1 aromatic rings. The van der Waals surface area contributed by atoms with Gasteiger partial charge in [0.1, 0.15) is 11.5 Å². The molecule has 0 amide bonds. The van der Waals surface area contributed by atoms with Crippen LogP contribution in [-0.4, -0.2) is 61.6 Å². The Kier molecular flexibility index (Phi) is 20.3. The summed E-state index contributed by atoms with van der Waals surface area (Å²) in [6.45, 7) is 16.5. The van der Waals surface area contributed by atoms with Crippen molar-refractivity contribution < 1.29 is 14.2 Å². The lowest BCUT2D eigenvalue weighted by Gasteiger charge is -2.34. The maximum absolute atomic E-state index is 6.58. The first-order valence-corrected chi connectivity index (χ1v) is 17.7. The minimum atomic E-state index is -1.05. The maximum atomic E-state index is 6.58. The van der Waals surface area contributed by atoms with Crippen molar-refractivity contribution in [2.24, 2.45) is 0 Å². The highest BCUT2D eigenvalue weighted by atomic mass is 16.9. The fraction of sp³-hybridized carbons (Fsp3) is 0.833. The van der Waals surface area contributed by atoms with Crippen LogP contribution in [0.5, 0.6) is 11.5 Å². The van der Waals surface area contributed by atoms with E-state index >= 15 is 0 Å². The number of hydrogen-bond donors (Lipinski definition) is 0. The molecule has 0 saturated heterocycles. The summed E-state index contributed by atoms with van der Waals surface area (Å²) < 4.78 is 19.5. The van der Waals surface area contributed by atoms with Crippen LogP contribution >= 0.6 is 0 Å². The summed E-state index contributed by atoms with van der Waals surface area (Å²) in [6.07, 6.45) is 22.6. The first-order valence-electron chi connectivity index (χ1n) is 17.7. The molecule has 3 rings (SSSR count). The van der Waals surface area contributed by atoms with Gasteiger partial charge < -0.3 is 24.0 Å². The average Bonchev–Trinajstić information content (AvgIpc) is 3.27. The molecule has 5 nitrogen and oxygen atoms in total. The van der Waals surface area contributed by atoms with E-state index in [-0.39, 0.29) is 0 Å². The first-order chi connectivity index (χ1) is 20.1. The Labute approximate surface area is 254 Å². The summed E-state index contributed by atoms with van der Waals surface area (Å²) in [5.74, 6) is 0.616. The van der Waals surface area contributed by atoms with E-state index in [1.807, 2.05) is 24.3 Å². The van der Waals surface area contributed by atoms with E-state index < -0.39 is 5.97 Å². The third-order valence-corrected chi connectivity index (χ3v) is 8.36. The van der Waals surface area contributed by atoms with Crippen molar-refractivity contribution in [1.82, 2.24) is 9.80 Å². The number of unbranched alkanes of at least 4 members (excludes halogenated alkanes) is 12. The van der Waals surface area contributed by atoms with Gasteiger partial charge in [-0.3, -0.25) is 0 Å². The number of benzene rings is 1. The molecule has 0 saturated carbocycles. The quantitative estimate of drug-likeness (QED) is 0.0931. The summed E-state index contributed by atoms with van der Waals surface area (Å²) in [5.41, 5.74) is 0. The van der Waals surface area contributed by atoms with E-state index in [2.05, 4.69) is 37.5 Å². The Bertz CT molecular complexity index is 677. The molecule has 0 fully saturated rings. The zero-order chi connectivity index (χ0) is 29.4. The summed E-state index contributed by atoms with van der Waals surface area (Å²) >= 11 is 0. The first kappa shape index (κ1) is 35.9. The molecule has 0 atom stereocenters. The molecule has 2 aliphatic rings. The summed E-state index contributed by atoms with van der Waals surface area (Å²) in [5, 5.41) is 0. The van der Waals surface area contributed by atoms with Gasteiger partial charge in [-0.05, 0) is 82.5 Å². The number of fused-ring (bicyclic) bond motifs is 4. The van der Waals surface area contributed by atoms with Gasteiger partial charge in [0.15, 0.2) is 0 Å². The van der Waals surface area contributed by atoms with Gasteiger partial charge in [-0.2, -0.15) is 0 Å². The van der Waals surface area contributed by atoms with Crippen LogP contribution in [0.25, 0.3) is 0 Å². The third kappa shape index (κ3) is 16.2. The van der Waals surface area contributed by atoms with Crippen LogP contribution in [-0.2, 0) is 4.74 Å². The minimum Gasteiger partial charge on any atom is -0.430 e. The molecular weight excluding hydrogens is 508 g/mol. The molecule has 0 aromatic heterocycles. The van der Waals surface area contributed by atoms with Crippen molar-refractivity contribution in [3.63, 3.8) is 0 Å². The van der Waals surface area contributed by atoms with E-state index in [0.29, 0.717) is 13.0 Å². The monoisotopic (exact) mass is 575 g/mol. The highest BCUT2D eigenvalue weighted by molar-refractivity contribution is 5.33. The van der Waals surface area contributed by atoms with E-state index in [4.69, 9.17) is 14.2 Å². The zero-order valence-corrected chi connectivity index (χ0v) is 27.6. The Morgan fingerprint density at radius 3 is 1.24 bits per heavy atom. The largest absolute Gasteiger partial charge is 0.430 e. The Morgan fingerprint density at radius 2 is 0.854 bits per heavy atom. The van der Waals surface area contributed by atoms with E-state index in [1.165, 1.54) is 116 Å². The molecule has 2 aliphatic heterocycles. The number of rotatable bonds is 28. The van der Waals surface area contributed by atoms with Gasteiger partial charge in [0, 0.05) is 13.1 Å². The van der Waals surface area contributed by atoms with Gasteiger partial charge in [0.25, 0.3) is 0 Å². The molecule has 238 valence electrons. The molecule has 0 spiro atoms. The van der Waals surface area contributed by atoms with Crippen molar-refractivity contribution in [3.8, 4) is 11.5 Å². The van der Waals surface area contributed by atoms with E-state index in [9.17, 15) is 0 Å². The van der Waals surface area contributed by atoms with Gasteiger partial charge in [0.05, 0.1) is 13.0 Å². The van der Waals surface area contributed by atoms with Crippen molar-refractivity contribution in [1.29, 1.82) is 0 Å². The Balaban J connectivity index is 1.94. The van der Waals surface area contributed by atoms with Crippen LogP contribution in [0.4, 0.5) is 0 Å². The van der Waals surface area contributed by atoms with Gasteiger partial charge in [-0.1, -0.05) is 105 Å². The Morgan fingerprint density at radius 1 is 0.488 bits per heavy atom. The van der Waals surface area contributed by atoms with Crippen LogP contribution in [0, 0.1) is 0 Å². The number of hydrogen-bond acceptors (Lipinski definition) is 5. The van der Waals surface area contributed by atoms with Crippen LogP contribution in [0.3, 0.4) is 0 Å². The number of ether oxygens (including phenoxy) is 3. The van der Waals surface area contributed by atoms with Gasteiger partial charge >= 0.3 is 5.97 Å². The fourth-order valence-corrected chi connectivity index (χ4v) is 5.72. The van der Waals surface area contributed by atoms with Crippen molar-refractivity contribution in [2.45, 2.75) is 149 Å². The lowest BCUT2D eigenvalue weighted by atomic mass is 10.1. The standard InChI is InChI=1S/C36H66N2O3/c1-5-9-13-17-27-37(28-18-14-10-6-2)31-21-33-39-36(40-34-22-23-35(41-36)25-24-34)26-32-38(29-19-15-11-7-3)30-20-16-12-8-4/h22-25H,5-21,26-33H2,1-4H3. The van der Waals surface area contributed by atoms with Crippen molar-refractivity contribution in [2.75, 3.05) is 45.9 Å². The van der Waals surface area contributed by atoms with E-state index in [0.717, 1.165) is 44.1 Å². The lowest BCUT2D eigenvalue weighted by Crippen LogP contribution is -2.48. The molecule has 2 heterocycles. The van der Waals surface area contributed by atoms with Gasteiger partial charge in [-0.15, -0.1) is 0 Å². The summed E-state index contributed by atoms with van der Waals surface area (Å²) in [6, 6.07) is 8.01. The van der Waals surface area contributed by atoms with Gasteiger partial charge in [-0.25, -0.2) is 0 Å². The smallest absolute Gasteiger partial charge is 0.372 e. The second kappa shape index (κ2) is 23.2. The molecule has 0 aliphatic carbocycles. The maximum Gasteiger partial charge on any atom is 0.372 e. The molecule has 1 aromatic carbocycles. The molecule has 0 unspecified atom stereocenters. The van der Waals surface area contributed by atoms with Crippen LogP contribution in [0.1, 0.15) is 143 Å². The molecule has 0 N–H and O–H groups in total. The third-order valence-electron chi connectivity index (χ3n) is 8.36.